The molecule has 1 atom stereocenters. The van der Waals surface area contributed by atoms with Crippen molar-refractivity contribution in [2.24, 2.45) is 0 Å². The van der Waals surface area contributed by atoms with Crippen LogP contribution >= 0.6 is 31.9 Å². The van der Waals surface area contributed by atoms with Crippen LogP contribution in [-0.4, -0.2) is 102 Å². The molecule has 3 aliphatic heterocycles. The number of amides is 5. The maximum absolute atomic E-state index is 14.1. The molecule has 0 aromatic heterocycles. The fourth-order valence-electron chi connectivity index (χ4n) is 6.74. The molecule has 2 saturated heterocycles. The molecular weight excluding hydrogens is 772 g/mol. The summed E-state index contributed by atoms with van der Waals surface area (Å²) in [4.78, 5) is 60.2. The Hall–Kier alpha value is -4.30. The SMILES string of the molecule is CCOC(=O)c1ccc(N2CCN(C(=O)[C@@H](Cc3cc(Br)c(O)c(Br)c3)NC(=O)N3CCC(N4Cc5ccccc5NC4=O)CC3)CC2)cc1. The van der Waals surface area contributed by atoms with E-state index in [0.29, 0.717) is 79.8 Å². The number of benzene rings is 3. The van der Waals surface area contributed by atoms with Crippen molar-refractivity contribution in [3.05, 3.63) is 86.3 Å². The lowest BCUT2D eigenvalue weighted by molar-refractivity contribution is -0.133. The molecule has 0 unspecified atom stereocenters. The highest BCUT2D eigenvalue weighted by atomic mass is 79.9. The Labute approximate surface area is 308 Å². The average molecular weight is 813 g/mol. The number of nitrogens with one attached hydrogen (secondary N) is 2. The molecule has 3 aliphatic rings. The summed E-state index contributed by atoms with van der Waals surface area (Å²) in [5.41, 5.74) is 4.09. The van der Waals surface area contributed by atoms with Crippen molar-refractivity contribution in [3.8, 4) is 5.75 Å². The Morgan fingerprint density at radius 2 is 1.60 bits per heavy atom. The van der Waals surface area contributed by atoms with Gasteiger partial charge < -0.3 is 40.1 Å². The molecular formula is C36H40Br2N6O6. The molecule has 3 heterocycles. The molecule has 5 amide bonds. The monoisotopic (exact) mass is 810 g/mol. The third kappa shape index (κ3) is 8.02. The first kappa shape index (κ1) is 35.5. The molecule has 3 aromatic carbocycles. The average Bonchev–Trinajstić information content (AvgIpc) is 3.13. The number of nitrogens with zero attached hydrogens (tertiary/aromatic N) is 4. The number of para-hydroxylation sites is 1. The number of piperidine rings is 1. The third-order valence-corrected chi connectivity index (χ3v) is 10.7. The Bertz CT molecular complexity index is 1720. The van der Waals surface area contributed by atoms with Crippen LogP contribution in [0.2, 0.25) is 0 Å². The first-order valence-electron chi connectivity index (χ1n) is 16.8. The molecule has 0 bridgehead atoms. The van der Waals surface area contributed by atoms with E-state index in [1.165, 1.54) is 0 Å². The van der Waals surface area contributed by atoms with Gasteiger partial charge in [0.25, 0.3) is 0 Å². The van der Waals surface area contributed by atoms with Gasteiger partial charge in [-0.1, -0.05) is 18.2 Å². The van der Waals surface area contributed by atoms with Gasteiger partial charge in [0, 0.05) is 69.7 Å². The second kappa shape index (κ2) is 15.7. The van der Waals surface area contributed by atoms with Gasteiger partial charge in [-0.15, -0.1) is 0 Å². The van der Waals surface area contributed by atoms with Gasteiger partial charge in [0.05, 0.1) is 21.1 Å². The quantitative estimate of drug-likeness (QED) is 0.253. The first-order chi connectivity index (χ1) is 24.1. The number of phenolic OH excluding ortho intramolecular Hbond substituents is 1. The van der Waals surface area contributed by atoms with E-state index < -0.39 is 6.04 Å². The number of hydrogen-bond donors (Lipinski definition) is 3. The van der Waals surface area contributed by atoms with E-state index in [4.69, 9.17) is 4.74 Å². The fourth-order valence-corrected chi connectivity index (χ4v) is 8.02. The number of halogens is 2. The lowest BCUT2D eigenvalue weighted by Crippen LogP contribution is -2.58. The van der Waals surface area contributed by atoms with Crippen molar-refractivity contribution in [2.45, 2.75) is 44.8 Å². The van der Waals surface area contributed by atoms with Gasteiger partial charge in [0.2, 0.25) is 5.91 Å². The van der Waals surface area contributed by atoms with E-state index >= 15 is 0 Å². The minimum absolute atomic E-state index is 0.00538. The predicted octanol–water partition coefficient (Wildman–Crippen LogP) is 5.58. The lowest BCUT2D eigenvalue weighted by atomic mass is 10.0. The second-order valence-electron chi connectivity index (χ2n) is 12.6. The molecule has 0 spiro atoms. The van der Waals surface area contributed by atoms with E-state index in [1.54, 1.807) is 41.0 Å². The summed E-state index contributed by atoms with van der Waals surface area (Å²) in [5.74, 6) is -0.490. The number of fused-ring (bicyclic) bond motifs is 1. The van der Waals surface area contributed by atoms with Crippen molar-refractivity contribution in [3.63, 3.8) is 0 Å². The maximum Gasteiger partial charge on any atom is 0.338 e. The molecule has 264 valence electrons. The Morgan fingerprint density at radius 1 is 0.940 bits per heavy atom. The zero-order chi connectivity index (χ0) is 35.4. The molecule has 2 fully saturated rings. The van der Waals surface area contributed by atoms with Crippen molar-refractivity contribution in [2.75, 3.05) is 56.1 Å². The number of anilines is 2. The number of rotatable bonds is 8. The van der Waals surface area contributed by atoms with E-state index in [9.17, 15) is 24.3 Å². The summed E-state index contributed by atoms with van der Waals surface area (Å²) >= 11 is 6.76. The van der Waals surface area contributed by atoms with Gasteiger partial charge in [0.15, 0.2) is 0 Å². The predicted molar refractivity (Wildman–Crippen MR) is 196 cm³/mol. The number of piperazine rings is 1. The highest BCUT2D eigenvalue weighted by molar-refractivity contribution is 9.11. The summed E-state index contributed by atoms with van der Waals surface area (Å²) in [7, 11) is 0. The summed E-state index contributed by atoms with van der Waals surface area (Å²) in [6.07, 6.45) is 1.48. The van der Waals surface area contributed by atoms with E-state index in [1.807, 2.05) is 41.3 Å². The van der Waals surface area contributed by atoms with Crippen LogP contribution < -0.4 is 15.5 Å². The van der Waals surface area contributed by atoms with Crippen molar-refractivity contribution in [1.82, 2.24) is 20.0 Å². The van der Waals surface area contributed by atoms with Crippen LogP contribution in [0, 0.1) is 0 Å². The molecule has 14 heteroatoms. The number of hydrogen-bond acceptors (Lipinski definition) is 7. The summed E-state index contributed by atoms with van der Waals surface area (Å²) in [6.45, 7) is 5.60. The van der Waals surface area contributed by atoms with Crippen molar-refractivity contribution < 1.29 is 29.0 Å². The Balaban J connectivity index is 1.09. The summed E-state index contributed by atoms with van der Waals surface area (Å²) in [5, 5.41) is 16.3. The fraction of sp³-hybridized carbons (Fsp3) is 0.389. The van der Waals surface area contributed by atoms with Crippen molar-refractivity contribution in [1.29, 1.82) is 0 Å². The van der Waals surface area contributed by atoms with Gasteiger partial charge in [0.1, 0.15) is 11.8 Å². The zero-order valence-corrected chi connectivity index (χ0v) is 30.9. The third-order valence-electron chi connectivity index (χ3n) is 9.50. The van der Waals surface area contributed by atoms with E-state index in [2.05, 4.69) is 47.4 Å². The minimum atomic E-state index is -0.844. The summed E-state index contributed by atoms with van der Waals surface area (Å²) < 4.78 is 6.04. The van der Waals surface area contributed by atoms with Crippen LogP contribution in [0.5, 0.6) is 5.75 Å². The molecule has 50 heavy (non-hydrogen) atoms. The number of ether oxygens (including phenoxy) is 1. The van der Waals surface area contributed by atoms with Crippen LogP contribution in [-0.2, 0) is 22.5 Å². The number of likely N-dealkylation sites (tertiary alicyclic amines) is 1. The van der Waals surface area contributed by atoms with Crippen LogP contribution in [0.25, 0.3) is 0 Å². The van der Waals surface area contributed by atoms with E-state index in [-0.39, 0.29) is 42.2 Å². The number of aromatic hydroxyl groups is 1. The van der Waals surface area contributed by atoms with Gasteiger partial charge in [-0.2, -0.15) is 0 Å². The highest BCUT2D eigenvalue weighted by Crippen LogP contribution is 2.34. The van der Waals surface area contributed by atoms with Gasteiger partial charge >= 0.3 is 18.0 Å². The molecule has 3 aromatic rings. The maximum atomic E-state index is 14.1. The van der Waals surface area contributed by atoms with E-state index in [0.717, 1.165) is 22.5 Å². The molecule has 12 nitrogen and oxygen atoms in total. The first-order valence-corrected chi connectivity index (χ1v) is 18.4. The molecule has 0 saturated carbocycles. The van der Waals surface area contributed by atoms with Crippen LogP contribution in [0.1, 0.15) is 41.3 Å². The number of carbonyl (C=O) groups excluding carboxylic acids is 4. The second-order valence-corrected chi connectivity index (χ2v) is 14.3. The lowest BCUT2D eigenvalue weighted by Gasteiger charge is -2.41. The summed E-state index contributed by atoms with van der Waals surface area (Å²) in [6, 6.07) is 17.2. The minimum Gasteiger partial charge on any atom is -0.506 e. The zero-order valence-electron chi connectivity index (χ0n) is 27.7. The Morgan fingerprint density at radius 3 is 2.26 bits per heavy atom. The topological polar surface area (TPSA) is 135 Å². The molecule has 0 aliphatic carbocycles. The standard InChI is InChI=1S/C36H40Br2N6O6/c1-2-50-34(47)24-7-9-26(10-8-24)41-15-17-42(18-16-41)33(46)31(21-23-19-28(37)32(45)29(38)20-23)40-35(48)43-13-11-27(12-14-43)44-22-25-5-3-4-6-30(25)39-36(44)49/h3-10,19-20,27,31,45H,2,11-18,21-22H2,1H3,(H,39,49)(H,40,48)/t31-/m1/s1. The number of carbonyl (C=O) groups is 4. The normalized spacial score (nSPS) is 17.1. The molecule has 6 rings (SSSR count). The molecule has 0 radical (unpaired) electrons. The largest absolute Gasteiger partial charge is 0.506 e. The highest BCUT2D eigenvalue weighted by Gasteiger charge is 2.35. The van der Waals surface area contributed by atoms with Gasteiger partial charge in [-0.25, -0.2) is 14.4 Å². The van der Waals surface area contributed by atoms with Gasteiger partial charge in [-0.3, -0.25) is 4.79 Å². The van der Waals surface area contributed by atoms with Crippen molar-refractivity contribution >= 4 is 67.2 Å². The Kier molecular flexibility index (Phi) is 11.2. The van der Waals surface area contributed by atoms with Crippen LogP contribution in [0.4, 0.5) is 21.0 Å². The smallest absolute Gasteiger partial charge is 0.338 e. The number of phenols is 1. The number of esters is 1. The van der Waals surface area contributed by atoms with Gasteiger partial charge in [-0.05, 0) is 105 Å². The number of urea groups is 2. The molecule has 3 N–H and O–H groups in total. The van der Waals surface area contributed by atoms with Crippen LogP contribution in [0.15, 0.2) is 69.6 Å². The van der Waals surface area contributed by atoms with Crippen LogP contribution in [0.3, 0.4) is 0 Å².